The van der Waals surface area contributed by atoms with Gasteiger partial charge in [-0.3, -0.25) is 0 Å². The zero-order valence-corrected chi connectivity index (χ0v) is 13.8. The Labute approximate surface area is 143 Å². The minimum atomic E-state index is 1.02. The molecule has 0 N–H and O–H groups in total. The van der Waals surface area contributed by atoms with E-state index < -0.39 is 0 Å². The number of para-hydroxylation sites is 2. The lowest BCUT2D eigenvalue weighted by Crippen LogP contribution is -2.14. The molecule has 1 aliphatic rings. The van der Waals surface area contributed by atoms with Crippen LogP contribution in [0.15, 0.2) is 72.8 Å². The Morgan fingerprint density at radius 3 is 2.29 bits per heavy atom. The van der Waals surface area contributed by atoms with Gasteiger partial charge in [0.15, 0.2) is 0 Å². The van der Waals surface area contributed by atoms with E-state index in [1.165, 1.54) is 22.5 Å². The molecule has 116 valence electrons. The molecule has 3 aromatic carbocycles. The van der Waals surface area contributed by atoms with Crippen molar-refractivity contribution in [2.75, 3.05) is 11.4 Å². The van der Waals surface area contributed by atoms with E-state index in [4.69, 9.17) is 0 Å². The van der Waals surface area contributed by atoms with E-state index in [2.05, 4.69) is 96.5 Å². The number of fused-ring (bicyclic) bond motifs is 1. The molecule has 0 aliphatic carbocycles. The maximum absolute atomic E-state index is 3.37. The summed E-state index contributed by atoms with van der Waals surface area (Å²) in [4.78, 5) is 2.38. The minimum Gasteiger partial charge on any atom is -0.340 e. The smallest absolute Gasteiger partial charge is 0.0570 e. The number of hydrogen-bond donors (Lipinski definition) is 0. The van der Waals surface area contributed by atoms with Crippen LogP contribution in [0.1, 0.15) is 22.3 Å². The molecule has 1 heteroatoms. The fourth-order valence-electron chi connectivity index (χ4n) is 3.18. The molecule has 0 fully saturated rings. The normalized spacial score (nSPS) is 12.5. The maximum atomic E-state index is 3.37. The van der Waals surface area contributed by atoms with E-state index >= 15 is 0 Å². The number of nitrogens with zero attached hydrogens (tertiary/aromatic N) is 1. The summed E-state index contributed by atoms with van der Waals surface area (Å²) in [6.45, 7) is 3.11. The second-order valence-electron chi connectivity index (χ2n) is 6.16. The molecule has 0 aromatic heterocycles. The van der Waals surface area contributed by atoms with Crippen LogP contribution in [0, 0.1) is 18.8 Å². The summed E-state index contributed by atoms with van der Waals surface area (Å²) < 4.78 is 0. The van der Waals surface area contributed by atoms with Gasteiger partial charge in [-0.25, -0.2) is 0 Å². The summed E-state index contributed by atoms with van der Waals surface area (Å²) in [5, 5.41) is 0. The Morgan fingerprint density at radius 2 is 1.46 bits per heavy atom. The van der Waals surface area contributed by atoms with Crippen LogP contribution in [0.4, 0.5) is 11.4 Å². The van der Waals surface area contributed by atoms with Crippen molar-refractivity contribution in [2.24, 2.45) is 0 Å². The van der Waals surface area contributed by atoms with Crippen LogP contribution in [0.3, 0.4) is 0 Å². The molecule has 0 atom stereocenters. The van der Waals surface area contributed by atoms with Crippen LogP contribution in [-0.2, 0) is 6.42 Å². The van der Waals surface area contributed by atoms with Crippen molar-refractivity contribution in [3.05, 3.63) is 95.1 Å². The Balaban J connectivity index is 1.71. The van der Waals surface area contributed by atoms with Gasteiger partial charge in [0.2, 0.25) is 0 Å². The second-order valence-corrected chi connectivity index (χ2v) is 6.16. The predicted octanol–water partition coefficient (Wildman–Crippen LogP) is 5.09. The van der Waals surface area contributed by atoms with Crippen molar-refractivity contribution < 1.29 is 0 Å². The third kappa shape index (κ3) is 2.79. The molecule has 3 aromatic rings. The molecule has 4 rings (SSSR count). The van der Waals surface area contributed by atoms with E-state index in [1.807, 2.05) is 0 Å². The topological polar surface area (TPSA) is 3.24 Å². The summed E-state index contributed by atoms with van der Waals surface area (Å²) >= 11 is 0. The first-order valence-corrected chi connectivity index (χ1v) is 8.34. The van der Waals surface area contributed by atoms with Crippen LogP contribution >= 0.6 is 0 Å². The van der Waals surface area contributed by atoms with Crippen molar-refractivity contribution >= 4 is 11.4 Å². The van der Waals surface area contributed by atoms with E-state index in [-0.39, 0.29) is 0 Å². The molecule has 0 radical (unpaired) electrons. The number of rotatable bonds is 1. The van der Waals surface area contributed by atoms with Gasteiger partial charge in [-0.15, -0.1) is 0 Å². The van der Waals surface area contributed by atoms with Gasteiger partial charge in [-0.05, 0) is 49.2 Å². The molecular weight excluding hydrogens is 290 g/mol. The lowest BCUT2D eigenvalue weighted by molar-refractivity contribution is 0.997. The van der Waals surface area contributed by atoms with Crippen LogP contribution in [0.2, 0.25) is 0 Å². The first-order chi connectivity index (χ1) is 11.8. The van der Waals surface area contributed by atoms with Gasteiger partial charge in [0.05, 0.1) is 5.69 Å². The van der Waals surface area contributed by atoms with Crippen molar-refractivity contribution in [1.82, 2.24) is 0 Å². The van der Waals surface area contributed by atoms with Gasteiger partial charge >= 0.3 is 0 Å². The third-order valence-corrected chi connectivity index (χ3v) is 4.48. The highest BCUT2D eigenvalue weighted by Crippen LogP contribution is 2.35. The van der Waals surface area contributed by atoms with Crippen LogP contribution in [0.25, 0.3) is 0 Å². The number of aryl methyl sites for hydroxylation is 1. The largest absolute Gasteiger partial charge is 0.340 e. The highest BCUT2D eigenvalue weighted by Gasteiger charge is 2.21. The SMILES string of the molecule is Cc1ccc(C#Cc2ccccc2N2CCc3ccccc32)cc1. The average molecular weight is 309 g/mol. The molecule has 0 saturated carbocycles. The number of benzene rings is 3. The fraction of sp³-hybridized carbons (Fsp3) is 0.130. The molecule has 24 heavy (non-hydrogen) atoms. The standard InChI is InChI=1S/C23H19N/c1-18-10-12-19(13-11-18)14-15-20-6-2-4-8-22(20)24-17-16-21-7-3-5-9-23(21)24/h2-13H,16-17H2,1H3. The van der Waals surface area contributed by atoms with Gasteiger partial charge in [-0.2, -0.15) is 0 Å². The zero-order valence-electron chi connectivity index (χ0n) is 13.8. The van der Waals surface area contributed by atoms with Gasteiger partial charge < -0.3 is 4.90 Å². The van der Waals surface area contributed by atoms with Crippen molar-refractivity contribution in [3.63, 3.8) is 0 Å². The Kier molecular flexibility index (Phi) is 3.81. The summed E-state index contributed by atoms with van der Waals surface area (Å²) in [6, 6.07) is 25.4. The molecule has 1 aliphatic heterocycles. The summed E-state index contributed by atoms with van der Waals surface area (Å²) in [5.41, 5.74) is 7.31. The zero-order chi connectivity index (χ0) is 16.4. The highest BCUT2D eigenvalue weighted by atomic mass is 15.2. The number of hydrogen-bond acceptors (Lipinski definition) is 1. The van der Waals surface area contributed by atoms with E-state index in [1.54, 1.807) is 0 Å². The van der Waals surface area contributed by atoms with E-state index in [0.29, 0.717) is 0 Å². The van der Waals surface area contributed by atoms with Gasteiger partial charge in [0, 0.05) is 23.4 Å². The summed E-state index contributed by atoms with van der Waals surface area (Å²) in [5.74, 6) is 6.66. The fourth-order valence-corrected chi connectivity index (χ4v) is 3.18. The summed E-state index contributed by atoms with van der Waals surface area (Å²) in [6.07, 6.45) is 1.09. The molecule has 0 bridgehead atoms. The Bertz CT molecular complexity index is 926. The average Bonchev–Trinajstić information content (AvgIpc) is 3.05. The van der Waals surface area contributed by atoms with Crippen LogP contribution < -0.4 is 4.90 Å². The molecule has 0 amide bonds. The molecular formula is C23H19N. The minimum absolute atomic E-state index is 1.02. The highest BCUT2D eigenvalue weighted by molar-refractivity contribution is 5.74. The van der Waals surface area contributed by atoms with Crippen LogP contribution in [0.5, 0.6) is 0 Å². The van der Waals surface area contributed by atoms with Crippen LogP contribution in [-0.4, -0.2) is 6.54 Å². The third-order valence-electron chi connectivity index (χ3n) is 4.48. The molecule has 0 spiro atoms. The van der Waals surface area contributed by atoms with Gasteiger partial charge in [-0.1, -0.05) is 59.9 Å². The summed E-state index contributed by atoms with van der Waals surface area (Å²) in [7, 11) is 0. The maximum Gasteiger partial charge on any atom is 0.0570 e. The molecule has 0 unspecified atom stereocenters. The monoisotopic (exact) mass is 309 g/mol. The lowest BCUT2D eigenvalue weighted by atomic mass is 10.1. The molecule has 0 saturated heterocycles. The Morgan fingerprint density at radius 1 is 0.750 bits per heavy atom. The molecule has 1 nitrogen and oxygen atoms in total. The molecule has 1 heterocycles. The van der Waals surface area contributed by atoms with E-state index in [9.17, 15) is 0 Å². The van der Waals surface area contributed by atoms with E-state index in [0.717, 1.165) is 24.1 Å². The lowest BCUT2D eigenvalue weighted by Gasteiger charge is -2.21. The number of anilines is 2. The van der Waals surface area contributed by atoms with Gasteiger partial charge in [0.1, 0.15) is 0 Å². The van der Waals surface area contributed by atoms with Crippen molar-refractivity contribution in [1.29, 1.82) is 0 Å². The van der Waals surface area contributed by atoms with Gasteiger partial charge in [0.25, 0.3) is 0 Å². The first-order valence-electron chi connectivity index (χ1n) is 8.34. The predicted molar refractivity (Wildman–Crippen MR) is 101 cm³/mol. The second kappa shape index (κ2) is 6.26. The first kappa shape index (κ1) is 14.6. The Hall–Kier alpha value is -2.98. The quantitative estimate of drug-likeness (QED) is 0.566. The van der Waals surface area contributed by atoms with Crippen molar-refractivity contribution in [2.45, 2.75) is 13.3 Å². The van der Waals surface area contributed by atoms with Crippen molar-refractivity contribution in [3.8, 4) is 11.8 Å².